The standard InChI is InChI=1S/C22H27N3S2/c1-16-8-6-7-9-19(16)25-20(23-24-21(25)27-15-14-26-5)17-10-12-18(13-11-17)22(2,3)4/h6-13H,14-15H2,1-5H3. The minimum atomic E-state index is 0.140. The van der Waals surface area contributed by atoms with Gasteiger partial charge < -0.3 is 0 Å². The van der Waals surface area contributed by atoms with Gasteiger partial charge >= 0.3 is 0 Å². The Morgan fingerprint density at radius 3 is 2.26 bits per heavy atom. The zero-order valence-corrected chi connectivity index (χ0v) is 18.3. The van der Waals surface area contributed by atoms with E-state index >= 15 is 0 Å². The van der Waals surface area contributed by atoms with Gasteiger partial charge in [-0.1, -0.05) is 75.0 Å². The number of nitrogens with zero attached hydrogens (tertiary/aromatic N) is 3. The van der Waals surface area contributed by atoms with E-state index in [1.807, 2.05) is 11.8 Å². The van der Waals surface area contributed by atoms with Crippen LogP contribution in [0.3, 0.4) is 0 Å². The summed E-state index contributed by atoms with van der Waals surface area (Å²) >= 11 is 3.62. The maximum atomic E-state index is 4.56. The van der Waals surface area contributed by atoms with Crippen LogP contribution >= 0.6 is 23.5 Å². The predicted molar refractivity (Wildman–Crippen MR) is 119 cm³/mol. The van der Waals surface area contributed by atoms with Gasteiger partial charge in [-0.15, -0.1) is 10.2 Å². The van der Waals surface area contributed by atoms with Crippen molar-refractivity contribution in [2.45, 2.75) is 38.3 Å². The van der Waals surface area contributed by atoms with Gasteiger partial charge in [-0.25, -0.2) is 0 Å². The highest BCUT2D eigenvalue weighted by Crippen LogP contribution is 2.31. The van der Waals surface area contributed by atoms with E-state index in [4.69, 9.17) is 0 Å². The van der Waals surface area contributed by atoms with Crippen LogP contribution in [0.15, 0.2) is 53.7 Å². The fourth-order valence-corrected chi connectivity index (χ4v) is 4.51. The van der Waals surface area contributed by atoms with Crippen LogP contribution in [0.1, 0.15) is 31.9 Å². The second-order valence-electron chi connectivity index (χ2n) is 7.60. The van der Waals surface area contributed by atoms with Crippen LogP contribution in [-0.2, 0) is 5.41 Å². The Balaban J connectivity index is 2.06. The zero-order valence-electron chi connectivity index (χ0n) is 16.7. The van der Waals surface area contributed by atoms with Crippen LogP contribution < -0.4 is 0 Å². The summed E-state index contributed by atoms with van der Waals surface area (Å²) in [5.41, 5.74) is 4.92. The molecule has 0 radical (unpaired) electrons. The number of rotatable bonds is 6. The highest BCUT2D eigenvalue weighted by Gasteiger charge is 2.19. The summed E-state index contributed by atoms with van der Waals surface area (Å²) < 4.78 is 2.20. The lowest BCUT2D eigenvalue weighted by Gasteiger charge is -2.19. The lowest BCUT2D eigenvalue weighted by Crippen LogP contribution is -2.10. The number of hydrogen-bond donors (Lipinski definition) is 0. The van der Waals surface area contributed by atoms with Crippen LogP contribution in [0.4, 0.5) is 0 Å². The largest absolute Gasteiger partial charge is 0.270 e. The molecule has 0 aliphatic rings. The van der Waals surface area contributed by atoms with E-state index in [2.05, 4.69) is 97.2 Å². The second-order valence-corrected chi connectivity index (χ2v) is 9.64. The molecule has 1 heterocycles. The Kier molecular flexibility index (Phi) is 6.33. The first-order valence-electron chi connectivity index (χ1n) is 9.16. The van der Waals surface area contributed by atoms with Gasteiger partial charge in [0.25, 0.3) is 0 Å². The number of aromatic nitrogens is 3. The smallest absolute Gasteiger partial charge is 0.196 e. The normalized spacial score (nSPS) is 11.7. The molecule has 0 atom stereocenters. The molecule has 0 bridgehead atoms. The average molecular weight is 398 g/mol. The summed E-state index contributed by atoms with van der Waals surface area (Å²) in [5, 5.41) is 10.0. The monoisotopic (exact) mass is 397 g/mol. The summed E-state index contributed by atoms with van der Waals surface area (Å²) in [7, 11) is 0. The molecule has 1 aromatic heterocycles. The van der Waals surface area contributed by atoms with Gasteiger partial charge in [0.05, 0.1) is 5.69 Å². The highest BCUT2D eigenvalue weighted by atomic mass is 32.2. The Labute approximate surface area is 171 Å². The van der Waals surface area contributed by atoms with Crippen molar-refractivity contribution in [3.63, 3.8) is 0 Å². The van der Waals surface area contributed by atoms with Crippen LogP contribution in [0.5, 0.6) is 0 Å². The topological polar surface area (TPSA) is 30.7 Å². The van der Waals surface area contributed by atoms with Crippen molar-refractivity contribution in [3.8, 4) is 17.1 Å². The molecule has 0 saturated carbocycles. The predicted octanol–water partition coefficient (Wildman–Crippen LogP) is 6.00. The van der Waals surface area contributed by atoms with Crippen molar-refractivity contribution in [1.29, 1.82) is 0 Å². The third-order valence-electron chi connectivity index (χ3n) is 4.52. The van der Waals surface area contributed by atoms with Crippen LogP contribution in [0.25, 0.3) is 17.1 Å². The molecule has 0 amide bonds. The van der Waals surface area contributed by atoms with Crippen molar-refractivity contribution in [2.75, 3.05) is 17.8 Å². The van der Waals surface area contributed by atoms with Gasteiger partial charge in [-0.2, -0.15) is 11.8 Å². The summed E-state index contributed by atoms with van der Waals surface area (Å²) in [6.07, 6.45) is 2.13. The maximum absolute atomic E-state index is 4.56. The van der Waals surface area contributed by atoms with Crippen molar-refractivity contribution >= 4 is 23.5 Å². The van der Waals surface area contributed by atoms with E-state index < -0.39 is 0 Å². The molecule has 0 saturated heterocycles. The summed E-state index contributed by atoms with van der Waals surface area (Å²) in [6.45, 7) is 8.84. The Morgan fingerprint density at radius 2 is 1.63 bits per heavy atom. The van der Waals surface area contributed by atoms with E-state index in [1.54, 1.807) is 11.8 Å². The number of benzene rings is 2. The molecule has 0 fully saturated rings. The fraction of sp³-hybridized carbons (Fsp3) is 0.364. The number of para-hydroxylation sites is 1. The van der Waals surface area contributed by atoms with E-state index in [0.717, 1.165) is 33.7 Å². The van der Waals surface area contributed by atoms with Gasteiger partial charge in [0.1, 0.15) is 0 Å². The van der Waals surface area contributed by atoms with E-state index in [1.165, 1.54) is 11.1 Å². The van der Waals surface area contributed by atoms with Crippen LogP contribution in [0, 0.1) is 6.92 Å². The number of aryl methyl sites for hydroxylation is 1. The third-order valence-corrected chi connectivity index (χ3v) is 6.32. The van der Waals surface area contributed by atoms with Crippen molar-refractivity contribution in [1.82, 2.24) is 14.8 Å². The highest BCUT2D eigenvalue weighted by molar-refractivity contribution is 8.02. The molecular formula is C22H27N3S2. The first-order chi connectivity index (χ1) is 12.9. The molecule has 3 rings (SSSR count). The minimum absolute atomic E-state index is 0.140. The molecule has 142 valence electrons. The molecule has 0 aliphatic carbocycles. The fourth-order valence-electron chi connectivity index (χ4n) is 2.92. The average Bonchev–Trinajstić information content (AvgIpc) is 3.05. The quantitative estimate of drug-likeness (QED) is 0.377. The SMILES string of the molecule is CSCCSc1nnc(-c2ccc(C(C)(C)C)cc2)n1-c1ccccc1C. The Hall–Kier alpha value is -1.72. The Bertz CT molecular complexity index is 893. The van der Waals surface area contributed by atoms with Gasteiger partial charge in [0.2, 0.25) is 0 Å². The first-order valence-corrected chi connectivity index (χ1v) is 11.5. The minimum Gasteiger partial charge on any atom is -0.270 e. The van der Waals surface area contributed by atoms with Gasteiger partial charge in [-0.05, 0) is 35.8 Å². The molecular weight excluding hydrogens is 370 g/mol. The van der Waals surface area contributed by atoms with Crippen molar-refractivity contribution in [3.05, 3.63) is 59.7 Å². The summed E-state index contributed by atoms with van der Waals surface area (Å²) in [4.78, 5) is 0. The second kappa shape index (κ2) is 8.53. The number of thioether (sulfide) groups is 2. The van der Waals surface area contributed by atoms with Crippen LogP contribution in [0.2, 0.25) is 0 Å². The first kappa shape index (κ1) is 20.0. The van der Waals surface area contributed by atoms with E-state index in [-0.39, 0.29) is 5.41 Å². The van der Waals surface area contributed by atoms with Crippen molar-refractivity contribution < 1.29 is 0 Å². The molecule has 3 aromatic rings. The van der Waals surface area contributed by atoms with Gasteiger partial charge in [-0.3, -0.25) is 4.57 Å². The molecule has 0 spiro atoms. The molecule has 0 unspecified atom stereocenters. The maximum Gasteiger partial charge on any atom is 0.196 e. The molecule has 0 aliphatic heterocycles. The molecule has 0 N–H and O–H groups in total. The molecule has 3 nitrogen and oxygen atoms in total. The third kappa shape index (κ3) is 4.58. The lowest BCUT2D eigenvalue weighted by atomic mass is 9.87. The molecule has 5 heteroatoms. The van der Waals surface area contributed by atoms with Crippen LogP contribution in [-0.4, -0.2) is 32.5 Å². The Morgan fingerprint density at radius 1 is 0.926 bits per heavy atom. The van der Waals surface area contributed by atoms with E-state index in [0.29, 0.717) is 0 Å². The summed E-state index contributed by atoms with van der Waals surface area (Å²) in [5.74, 6) is 3.02. The lowest BCUT2D eigenvalue weighted by molar-refractivity contribution is 0.590. The summed E-state index contributed by atoms with van der Waals surface area (Å²) in [6, 6.07) is 17.2. The van der Waals surface area contributed by atoms with Gasteiger partial charge in [0.15, 0.2) is 11.0 Å². The number of hydrogen-bond acceptors (Lipinski definition) is 4. The molecule has 2 aromatic carbocycles. The van der Waals surface area contributed by atoms with Crippen molar-refractivity contribution in [2.24, 2.45) is 0 Å². The zero-order chi connectivity index (χ0) is 19.4. The van der Waals surface area contributed by atoms with Gasteiger partial charge in [0, 0.05) is 17.1 Å². The molecule has 27 heavy (non-hydrogen) atoms. The van der Waals surface area contributed by atoms with E-state index in [9.17, 15) is 0 Å².